The van der Waals surface area contributed by atoms with Crippen molar-refractivity contribution in [2.75, 3.05) is 5.32 Å². The lowest BCUT2D eigenvalue weighted by Gasteiger charge is -2.16. The molecule has 1 aromatic carbocycles. The number of amides is 1. The average Bonchev–Trinajstić information content (AvgIpc) is 3.39. The summed E-state index contributed by atoms with van der Waals surface area (Å²) in [5.41, 5.74) is 2.21. The largest absolute Gasteiger partial charge is 0.309 e. The van der Waals surface area contributed by atoms with Crippen LogP contribution in [0.1, 0.15) is 28.1 Å². The summed E-state index contributed by atoms with van der Waals surface area (Å²) in [6.45, 7) is 0.449. The van der Waals surface area contributed by atoms with E-state index in [4.69, 9.17) is 0 Å². The molecule has 0 saturated carbocycles. The molecule has 4 rings (SSSR count). The molecule has 0 saturated heterocycles. The number of carbonyl (C=O) groups is 1. The molecule has 0 aliphatic carbocycles. The van der Waals surface area contributed by atoms with Crippen molar-refractivity contribution >= 4 is 33.1 Å². The minimum absolute atomic E-state index is 0.0476. The predicted molar refractivity (Wildman–Crippen MR) is 108 cm³/mol. The summed E-state index contributed by atoms with van der Waals surface area (Å²) >= 11 is 1.62. The molecule has 0 atom stereocenters. The Balaban J connectivity index is 1.39. The van der Waals surface area contributed by atoms with Crippen LogP contribution < -0.4 is 5.32 Å². The normalized spacial score (nSPS) is 14.1. The van der Waals surface area contributed by atoms with Gasteiger partial charge in [-0.3, -0.25) is 9.89 Å². The van der Waals surface area contributed by atoms with E-state index in [-0.39, 0.29) is 24.7 Å². The van der Waals surface area contributed by atoms with Crippen LogP contribution in [-0.4, -0.2) is 28.8 Å². The number of fused-ring (bicyclic) bond motifs is 1. The summed E-state index contributed by atoms with van der Waals surface area (Å²) in [6, 6.07) is 13.1. The number of benzene rings is 1. The standard InChI is InChI=1S/C19H20N4O3S2/c24-18(9-8-15-7-4-10-27-15)20-19-16-11-23(12-17(16)21-22-19)28(25,26)13-14-5-2-1-3-6-14/h1-7,10H,8-9,11-13H2,(H2,20,21,22,24). The van der Waals surface area contributed by atoms with E-state index >= 15 is 0 Å². The number of rotatable bonds is 7. The van der Waals surface area contributed by atoms with E-state index in [2.05, 4.69) is 15.5 Å². The molecule has 9 heteroatoms. The van der Waals surface area contributed by atoms with Crippen LogP contribution in [0.3, 0.4) is 0 Å². The number of aromatic amines is 1. The first-order chi connectivity index (χ1) is 13.5. The number of aryl methyl sites for hydroxylation is 1. The third-order valence-electron chi connectivity index (χ3n) is 4.64. The number of aromatic nitrogens is 2. The molecule has 1 amide bonds. The lowest BCUT2D eigenvalue weighted by atomic mass is 10.2. The van der Waals surface area contributed by atoms with Crippen LogP contribution in [0, 0.1) is 0 Å². The number of H-pyrrole nitrogens is 1. The number of thiophene rings is 1. The number of sulfonamides is 1. The van der Waals surface area contributed by atoms with Crippen LogP contribution >= 0.6 is 11.3 Å². The van der Waals surface area contributed by atoms with Gasteiger partial charge in [-0.05, 0) is 23.4 Å². The highest BCUT2D eigenvalue weighted by Crippen LogP contribution is 2.30. The van der Waals surface area contributed by atoms with Gasteiger partial charge in [0.05, 0.1) is 18.0 Å². The summed E-state index contributed by atoms with van der Waals surface area (Å²) in [5, 5.41) is 11.8. The molecule has 1 aliphatic heterocycles. The van der Waals surface area contributed by atoms with Gasteiger partial charge in [0.25, 0.3) is 0 Å². The van der Waals surface area contributed by atoms with Gasteiger partial charge >= 0.3 is 0 Å². The Morgan fingerprint density at radius 2 is 2.00 bits per heavy atom. The molecular weight excluding hydrogens is 396 g/mol. The van der Waals surface area contributed by atoms with Crippen LogP contribution in [-0.2, 0) is 40.1 Å². The van der Waals surface area contributed by atoms with Crippen LogP contribution in [0.2, 0.25) is 0 Å². The van der Waals surface area contributed by atoms with Crippen molar-refractivity contribution in [1.29, 1.82) is 0 Å². The maximum atomic E-state index is 12.7. The highest BCUT2D eigenvalue weighted by molar-refractivity contribution is 7.88. The average molecular weight is 417 g/mol. The Hall–Kier alpha value is -2.49. The van der Waals surface area contributed by atoms with Crippen LogP contribution in [0.4, 0.5) is 5.82 Å². The SMILES string of the molecule is O=C(CCc1cccs1)Nc1n[nH]c2c1CN(S(=O)(=O)Cc1ccccc1)C2. The van der Waals surface area contributed by atoms with Crippen molar-refractivity contribution in [3.8, 4) is 0 Å². The van der Waals surface area contributed by atoms with Gasteiger partial charge in [0, 0.05) is 23.4 Å². The maximum absolute atomic E-state index is 12.7. The van der Waals surface area contributed by atoms with Crippen LogP contribution in [0.25, 0.3) is 0 Å². The second kappa shape index (κ2) is 7.86. The summed E-state index contributed by atoms with van der Waals surface area (Å²) in [7, 11) is -3.46. The Morgan fingerprint density at radius 1 is 1.18 bits per heavy atom. The second-order valence-electron chi connectivity index (χ2n) is 6.67. The Bertz CT molecular complexity index is 1060. The fourth-order valence-corrected chi connectivity index (χ4v) is 5.33. The Kier molecular flexibility index (Phi) is 5.29. The molecule has 0 radical (unpaired) electrons. The molecule has 3 aromatic rings. The van der Waals surface area contributed by atoms with Gasteiger partial charge in [0.1, 0.15) is 0 Å². The summed E-state index contributed by atoms with van der Waals surface area (Å²) in [6.07, 6.45) is 1.03. The van der Waals surface area contributed by atoms with Gasteiger partial charge in [0.15, 0.2) is 5.82 Å². The zero-order chi connectivity index (χ0) is 19.6. The van der Waals surface area contributed by atoms with E-state index in [1.807, 2.05) is 35.7 Å². The Morgan fingerprint density at radius 3 is 2.75 bits per heavy atom. The first kappa shape index (κ1) is 18.9. The van der Waals surface area contributed by atoms with Gasteiger partial charge in [0.2, 0.25) is 15.9 Å². The van der Waals surface area contributed by atoms with Crippen molar-refractivity contribution in [3.63, 3.8) is 0 Å². The molecule has 0 spiro atoms. The lowest BCUT2D eigenvalue weighted by Crippen LogP contribution is -2.27. The van der Waals surface area contributed by atoms with Crippen molar-refractivity contribution in [2.24, 2.45) is 0 Å². The second-order valence-corrected chi connectivity index (χ2v) is 9.67. The first-order valence-corrected chi connectivity index (χ1v) is 11.4. The minimum Gasteiger partial charge on any atom is -0.309 e. The molecule has 0 fully saturated rings. The molecule has 7 nitrogen and oxygen atoms in total. The molecule has 3 heterocycles. The van der Waals surface area contributed by atoms with E-state index in [0.717, 1.165) is 21.7 Å². The molecule has 2 N–H and O–H groups in total. The number of anilines is 1. The van der Waals surface area contributed by atoms with Crippen molar-refractivity contribution in [2.45, 2.75) is 31.7 Å². The first-order valence-electron chi connectivity index (χ1n) is 8.91. The van der Waals surface area contributed by atoms with E-state index in [1.54, 1.807) is 23.5 Å². The molecule has 1 aliphatic rings. The van der Waals surface area contributed by atoms with Gasteiger partial charge < -0.3 is 5.32 Å². The number of nitrogens with one attached hydrogen (secondary N) is 2. The lowest BCUT2D eigenvalue weighted by molar-refractivity contribution is -0.116. The topological polar surface area (TPSA) is 95.2 Å². The van der Waals surface area contributed by atoms with Crippen molar-refractivity contribution < 1.29 is 13.2 Å². The maximum Gasteiger partial charge on any atom is 0.225 e. The molecule has 146 valence electrons. The smallest absolute Gasteiger partial charge is 0.225 e. The Labute approximate surface area is 167 Å². The van der Waals surface area contributed by atoms with E-state index < -0.39 is 10.0 Å². The number of nitrogens with zero attached hydrogens (tertiary/aromatic N) is 2. The van der Waals surface area contributed by atoms with Crippen LogP contribution in [0.15, 0.2) is 47.8 Å². The summed E-state index contributed by atoms with van der Waals surface area (Å²) < 4.78 is 26.9. The number of hydrogen-bond donors (Lipinski definition) is 2. The van der Waals surface area contributed by atoms with Crippen molar-refractivity contribution in [1.82, 2.24) is 14.5 Å². The third kappa shape index (κ3) is 4.16. The number of hydrogen-bond acceptors (Lipinski definition) is 5. The monoisotopic (exact) mass is 416 g/mol. The van der Waals surface area contributed by atoms with E-state index in [9.17, 15) is 13.2 Å². The van der Waals surface area contributed by atoms with E-state index in [1.165, 1.54) is 4.31 Å². The van der Waals surface area contributed by atoms with E-state index in [0.29, 0.717) is 18.7 Å². The highest BCUT2D eigenvalue weighted by atomic mass is 32.2. The quantitative estimate of drug-likeness (QED) is 0.619. The molecule has 2 aromatic heterocycles. The zero-order valence-electron chi connectivity index (χ0n) is 15.1. The molecule has 28 heavy (non-hydrogen) atoms. The van der Waals surface area contributed by atoms with Crippen molar-refractivity contribution in [3.05, 3.63) is 69.5 Å². The summed E-state index contributed by atoms with van der Waals surface area (Å²) in [4.78, 5) is 13.4. The van der Waals surface area contributed by atoms with Gasteiger partial charge in [-0.25, -0.2) is 8.42 Å². The van der Waals surface area contributed by atoms with Gasteiger partial charge in [-0.15, -0.1) is 11.3 Å². The minimum atomic E-state index is -3.46. The highest BCUT2D eigenvalue weighted by Gasteiger charge is 2.33. The predicted octanol–water partition coefficient (Wildman–Crippen LogP) is 2.89. The van der Waals surface area contributed by atoms with Gasteiger partial charge in [-0.2, -0.15) is 9.40 Å². The number of carbonyl (C=O) groups excluding carboxylic acids is 1. The third-order valence-corrected chi connectivity index (χ3v) is 7.32. The molecular formula is C19H20N4O3S2. The fourth-order valence-electron chi connectivity index (χ4n) is 3.17. The summed E-state index contributed by atoms with van der Waals surface area (Å²) in [5.74, 6) is 0.241. The molecule has 0 unspecified atom stereocenters. The van der Waals surface area contributed by atoms with Gasteiger partial charge in [-0.1, -0.05) is 36.4 Å². The zero-order valence-corrected chi connectivity index (χ0v) is 16.7. The fraction of sp³-hybridized carbons (Fsp3) is 0.263. The van der Waals surface area contributed by atoms with Crippen LogP contribution in [0.5, 0.6) is 0 Å². The molecule has 0 bridgehead atoms.